The highest BCUT2D eigenvalue weighted by atomic mass is 16.2. The van der Waals surface area contributed by atoms with Gasteiger partial charge in [-0.25, -0.2) is 0 Å². The highest BCUT2D eigenvalue weighted by Gasteiger charge is 2.34. The van der Waals surface area contributed by atoms with Crippen molar-refractivity contribution in [2.75, 3.05) is 12.3 Å². The molecule has 0 aliphatic carbocycles. The van der Waals surface area contributed by atoms with Gasteiger partial charge in [-0.1, -0.05) is 0 Å². The highest BCUT2D eigenvalue weighted by molar-refractivity contribution is 6.11. The molecule has 1 atom stereocenters. The van der Waals surface area contributed by atoms with Crippen LogP contribution in [0.5, 0.6) is 0 Å². The van der Waals surface area contributed by atoms with E-state index in [1.807, 2.05) is 0 Å². The van der Waals surface area contributed by atoms with Gasteiger partial charge in [0.15, 0.2) is 0 Å². The molecule has 2 heterocycles. The van der Waals surface area contributed by atoms with Crippen LogP contribution in [0.15, 0.2) is 24.4 Å². The number of imide groups is 1. The standard InChI is InChI=1S/C14H14N4O3/c1-7-13(20)17-12(19)6-18(7)14(21)10-5-16-11-4-8(15)2-3-9(10)11/h2-5,7,16H,6,15H2,1H3,(H,17,19,20). The number of nitrogens with one attached hydrogen (secondary N) is 2. The van der Waals surface area contributed by atoms with Crippen LogP contribution in [0.25, 0.3) is 10.9 Å². The summed E-state index contributed by atoms with van der Waals surface area (Å²) in [5.74, 6) is -1.30. The van der Waals surface area contributed by atoms with Crippen LogP contribution in [0.3, 0.4) is 0 Å². The van der Waals surface area contributed by atoms with Gasteiger partial charge in [0.25, 0.3) is 5.91 Å². The number of hydrogen-bond donors (Lipinski definition) is 3. The van der Waals surface area contributed by atoms with Crippen molar-refractivity contribution in [1.29, 1.82) is 0 Å². The van der Waals surface area contributed by atoms with Crippen LogP contribution >= 0.6 is 0 Å². The number of fused-ring (bicyclic) bond motifs is 1. The van der Waals surface area contributed by atoms with Gasteiger partial charge < -0.3 is 15.6 Å². The summed E-state index contributed by atoms with van der Waals surface area (Å²) < 4.78 is 0. The summed E-state index contributed by atoms with van der Waals surface area (Å²) in [4.78, 5) is 39.9. The number of rotatable bonds is 1. The lowest BCUT2D eigenvalue weighted by Gasteiger charge is -2.31. The number of carbonyl (C=O) groups is 3. The summed E-state index contributed by atoms with van der Waals surface area (Å²) in [6.07, 6.45) is 1.57. The summed E-state index contributed by atoms with van der Waals surface area (Å²) in [5.41, 5.74) is 7.44. The van der Waals surface area contributed by atoms with Gasteiger partial charge in [0.05, 0.1) is 5.56 Å². The third kappa shape index (κ3) is 2.12. The molecule has 108 valence electrons. The minimum atomic E-state index is -0.686. The molecular weight excluding hydrogens is 272 g/mol. The first-order chi connectivity index (χ1) is 9.97. The minimum Gasteiger partial charge on any atom is -0.399 e. The van der Waals surface area contributed by atoms with Gasteiger partial charge in [0.1, 0.15) is 12.6 Å². The highest BCUT2D eigenvalue weighted by Crippen LogP contribution is 2.23. The summed E-state index contributed by atoms with van der Waals surface area (Å²) in [6, 6.07) is 4.48. The number of benzene rings is 1. The molecule has 1 fully saturated rings. The lowest BCUT2D eigenvalue weighted by molar-refractivity contribution is -0.138. The number of nitrogens with zero attached hydrogens (tertiary/aromatic N) is 1. The number of nitrogens with two attached hydrogens (primary N) is 1. The van der Waals surface area contributed by atoms with Gasteiger partial charge in [-0.05, 0) is 25.1 Å². The van der Waals surface area contributed by atoms with Crippen molar-refractivity contribution in [1.82, 2.24) is 15.2 Å². The minimum absolute atomic E-state index is 0.132. The van der Waals surface area contributed by atoms with E-state index >= 15 is 0 Å². The maximum absolute atomic E-state index is 12.6. The first-order valence-corrected chi connectivity index (χ1v) is 6.48. The summed E-state index contributed by atoms with van der Waals surface area (Å²) >= 11 is 0. The van der Waals surface area contributed by atoms with Gasteiger partial charge in [-0.15, -0.1) is 0 Å². The average molecular weight is 286 g/mol. The SMILES string of the molecule is CC1C(=O)NC(=O)CN1C(=O)c1c[nH]c2cc(N)ccc12. The topological polar surface area (TPSA) is 108 Å². The van der Waals surface area contributed by atoms with Crippen molar-refractivity contribution in [2.24, 2.45) is 0 Å². The van der Waals surface area contributed by atoms with Crippen LogP contribution < -0.4 is 11.1 Å². The molecule has 0 spiro atoms. The summed E-state index contributed by atoms with van der Waals surface area (Å²) in [7, 11) is 0. The number of carbonyl (C=O) groups excluding carboxylic acids is 3. The van der Waals surface area contributed by atoms with Crippen molar-refractivity contribution < 1.29 is 14.4 Å². The molecule has 1 saturated heterocycles. The van der Waals surface area contributed by atoms with Crippen LogP contribution in [0.1, 0.15) is 17.3 Å². The van der Waals surface area contributed by atoms with Crippen LogP contribution in [0.4, 0.5) is 5.69 Å². The normalized spacial score (nSPS) is 18.9. The molecule has 1 aliphatic rings. The maximum Gasteiger partial charge on any atom is 0.257 e. The molecule has 0 radical (unpaired) electrons. The summed E-state index contributed by atoms with van der Waals surface area (Å²) in [5, 5.41) is 2.92. The van der Waals surface area contributed by atoms with Gasteiger partial charge in [0.2, 0.25) is 11.8 Å². The van der Waals surface area contributed by atoms with E-state index in [4.69, 9.17) is 5.73 Å². The van der Waals surface area contributed by atoms with E-state index in [2.05, 4.69) is 10.3 Å². The molecule has 1 aromatic carbocycles. The van der Waals surface area contributed by atoms with Crippen molar-refractivity contribution >= 4 is 34.3 Å². The molecule has 0 bridgehead atoms. The molecule has 1 unspecified atom stereocenters. The molecule has 1 aliphatic heterocycles. The lowest BCUT2D eigenvalue weighted by Crippen LogP contribution is -2.58. The third-order valence-corrected chi connectivity index (χ3v) is 3.62. The molecule has 1 aromatic heterocycles. The summed E-state index contributed by atoms with van der Waals surface area (Å²) in [6.45, 7) is 1.46. The largest absolute Gasteiger partial charge is 0.399 e. The quantitative estimate of drug-likeness (QED) is 0.515. The van der Waals surface area contributed by atoms with Crippen LogP contribution in [-0.4, -0.2) is 40.2 Å². The number of aromatic amines is 1. The fraction of sp³-hybridized carbons (Fsp3) is 0.214. The molecule has 2 aromatic rings. The Hall–Kier alpha value is -2.83. The Kier molecular flexibility index (Phi) is 2.90. The number of aromatic nitrogens is 1. The molecule has 3 rings (SSSR count). The number of anilines is 1. The molecule has 21 heavy (non-hydrogen) atoms. The Bertz CT molecular complexity index is 765. The Morgan fingerprint density at radius 3 is 2.90 bits per heavy atom. The smallest absolute Gasteiger partial charge is 0.257 e. The first-order valence-electron chi connectivity index (χ1n) is 6.48. The molecule has 0 saturated carbocycles. The number of amides is 3. The fourth-order valence-corrected chi connectivity index (χ4v) is 2.44. The second-order valence-electron chi connectivity index (χ2n) is 5.03. The predicted molar refractivity (Wildman–Crippen MR) is 76.4 cm³/mol. The van der Waals surface area contributed by atoms with E-state index in [0.717, 1.165) is 5.52 Å². The Balaban J connectivity index is 2.00. The van der Waals surface area contributed by atoms with E-state index in [1.165, 1.54) is 4.90 Å². The number of H-pyrrole nitrogens is 1. The number of piperazine rings is 1. The maximum atomic E-state index is 12.6. The zero-order valence-electron chi connectivity index (χ0n) is 11.3. The molecule has 3 amide bonds. The van der Waals surface area contributed by atoms with Crippen LogP contribution in [0.2, 0.25) is 0 Å². The van der Waals surface area contributed by atoms with E-state index in [9.17, 15) is 14.4 Å². The van der Waals surface area contributed by atoms with Crippen molar-refractivity contribution in [3.63, 3.8) is 0 Å². The van der Waals surface area contributed by atoms with Crippen LogP contribution in [-0.2, 0) is 9.59 Å². The van der Waals surface area contributed by atoms with Crippen molar-refractivity contribution in [3.8, 4) is 0 Å². The van der Waals surface area contributed by atoms with Gasteiger partial charge in [-0.2, -0.15) is 0 Å². The first kappa shape index (κ1) is 13.2. The van der Waals surface area contributed by atoms with Crippen molar-refractivity contribution in [3.05, 3.63) is 30.0 Å². The van der Waals surface area contributed by atoms with Gasteiger partial charge in [0, 0.05) is 22.8 Å². The predicted octanol–water partition coefficient (Wildman–Crippen LogP) is 0.237. The zero-order chi connectivity index (χ0) is 15.1. The Morgan fingerprint density at radius 1 is 1.38 bits per heavy atom. The second-order valence-corrected chi connectivity index (χ2v) is 5.03. The van der Waals surface area contributed by atoms with Gasteiger partial charge >= 0.3 is 0 Å². The lowest BCUT2D eigenvalue weighted by atomic mass is 10.1. The average Bonchev–Trinajstić information content (AvgIpc) is 2.84. The Morgan fingerprint density at radius 2 is 2.14 bits per heavy atom. The third-order valence-electron chi connectivity index (χ3n) is 3.62. The zero-order valence-corrected chi connectivity index (χ0v) is 11.3. The fourth-order valence-electron chi connectivity index (χ4n) is 2.44. The molecule has 7 heteroatoms. The van der Waals surface area contributed by atoms with E-state index < -0.39 is 17.9 Å². The molecule has 4 N–H and O–H groups in total. The number of nitrogen functional groups attached to an aromatic ring is 1. The second kappa shape index (κ2) is 4.62. The van der Waals surface area contributed by atoms with E-state index in [-0.39, 0.29) is 12.5 Å². The van der Waals surface area contributed by atoms with Gasteiger partial charge in [-0.3, -0.25) is 19.7 Å². The van der Waals surface area contributed by atoms with Crippen LogP contribution in [0, 0.1) is 0 Å². The monoisotopic (exact) mass is 286 g/mol. The Labute approximate surface area is 120 Å². The number of hydrogen-bond acceptors (Lipinski definition) is 4. The van der Waals surface area contributed by atoms with E-state index in [1.54, 1.807) is 31.3 Å². The molecular formula is C14H14N4O3. The van der Waals surface area contributed by atoms with E-state index in [0.29, 0.717) is 16.6 Å². The molecule has 7 nitrogen and oxygen atoms in total. The van der Waals surface area contributed by atoms with Crippen molar-refractivity contribution in [2.45, 2.75) is 13.0 Å².